The molecule has 0 aromatic heterocycles. The Morgan fingerprint density at radius 1 is 1.24 bits per heavy atom. The zero-order valence-corrected chi connectivity index (χ0v) is 10.7. The number of nitrogens with one attached hydrogen (secondary N) is 1. The number of rotatable bonds is 4. The molecular weight excluding hydrogens is 208 g/mol. The van der Waals surface area contributed by atoms with E-state index in [4.69, 9.17) is 0 Å². The van der Waals surface area contributed by atoms with Gasteiger partial charge in [-0.2, -0.15) is 0 Å². The summed E-state index contributed by atoms with van der Waals surface area (Å²) in [5.41, 5.74) is 2.00. The van der Waals surface area contributed by atoms with Crippen LogP contribution in [0.25, 0.3) is 0 Å². The molecule has 1 aliphatic carbocycles. The van der Waals surface area contributed by atoms with Gasteiger partial charge in [0.1, 0.15) is 0 Å². The molecule has 0 spiro atoms. The molecule has 2 fully saturated rings. The third kappa shape index (κ3) is 2.00. The molecule has 0 amide bonds. The highest BCUT2D eigenvalue weighted by Gasteiger charge is 2.40. The summed E-state index contributed by atoms with van der Waals surface area (Å²) >= 11 is 0. The highest BCUT2D eigenvalue weighted by atomic mass is 15.2. The highest BCUT2D eigenvalue weighted by Crippen LogP contribution is 2.44. The van der Waals surface area contributed by atoms with Crippen LogP contribution in [0.4, 0.5) is 0 Å². The molecule has 2 nitrogen and oxygen atoms in total. The molecule has 2 heteroatoms. The topological polar surface area (TPSA) is 15.3 Å². The molecule has 1 saturated carbocycles. The van der Waals surface area contributed by atoms with Crippen molar-refractivity contribution in [2.75, 3.05) is 26.7 Å². The van der Waals surface area contributed by atoms with Gasteiger partial charge in [0.15, 0.2) is 0 Å². The van der Waals surface area contributed by atoms with Crippen molar-refractivity contribution in [3.63, 3.8) is 0 Å². The molecule has 92 valence electrons. The fraction of sp³-hybridized carbons (Fsp3) is 0.600. The largest absolute Gasteiger partial charge is 0.314 e. The van der Waals surface area contributed by atoms with Crippen LogP contribution in [0.2, 0.25) is 0 Å². The molecule has 0 radical (unpaired) electrons. The average molecular weight is 230 g/mol. The van der Waals surface area contributed by atoms with E-state index in [1.807, 2.05) is 0 Å². The minimum absolute atomic E-state index is 0.450. The molecule has 0 bridgehead atoms. The number of nitrogens with zero attached hydrogens (tertiary/aromatic N) is 1. The van der Waals surface area contributed by atoms with Gasteiger partial charge < -0.3 is 5.32 Å². The number of likely N-dealkylation sites (N-methyl/N-ethyl adjacent to an activating group) is 1. The van der Waals surface area contributed by atoms with Crippen LogP contribution in [-0.4, -0.2) is 37.6 Å². The van der Waals surface area contributed by atoms with Crippen molar-refractivity contribution in [1.29, 1.82) is 0 Å². The fourth-order valence-electron chi connectivity index (χ4n) is 3.12. The molecule has 17 heavy (non-hydrogen) atoms. The van der Waals surface area contributed by atoms with Crippen LogP contribution in [0.3, 0.4) is 0 Å². The van der Waals surface area contributed by atoms with Gasteiger partial charge in [0.25, 0.3) is 0 Å². The minimum atomic E-state index is 0.450. The first-order valence-electron chi connectivity index (χ1n) is 6.77. The quantitative estimate of drug-likeness (QED) is 0.851. The Morgan fingerprint density at radius 2 is 1.94 bits per heavy atom. The van der Waals surface area contributed by atoms with E-state index in [-0.39, 0.29) is 0 Å². The third-order valence-corrected chi connectivity index (χ3v) is 4.63. The van der Waals surface area contributed by atoms with Crippen molar-refractivity contribution in [3.05, 3.63) is 35.9 Å². The summed E-state index contributed by atoms with van der Waals surface area (Å²) in [6.45, 7) is 3.56. The monoisotopic (exact) mass is 230 g/mol. The molecule has 1 N–H and O–H groups in total. The van der Waals surface area contributed by atoms with E-state index in [9.17, 15) is 0 Å². The van der Waals surface area contributed by atoms with E-state index in [1.54, 1.807) is 5.56 Å². The Hall–Kier alpha value is -0.860. The van der Waals surface area contributed by atoms with Gasteiger partial charge in [-0.3, -0.25) is 4.90 Å². The van der Waals surface area contributed by atoms with Gasteiger partial charge in [0, 0.05) is 31.1 Å². The van der Waals surface area contributed by atoms with Gasteiger partial charge in [0.05, 0.1) is 0 Å². The van der Waals surface area contributed by atoms with Crippen LogP contribution in [0.15, 0.2) is 30.3 Å². The minimum Gasteiger partial charge on any atom is -0.314 e. The second kappa shape index (κ2) is 4.43. The lowest BCUT2D eigenvalue weighted by Gasteiger charge is -2.48. The molecule has 0 unspecified atom stereocenters. The first-order valence-corrected chi connectivity index (χ1v) is 6.77. The lowest BCUT2D eigenvalue weighted by molar-refractivity contribution is 0.102. The van der Waals surface area contributed by atoms with E-state index in [0.29, 0.717) is 5.41 Å². The normalized spacial score (nSPS) is 23.2. The van der Waals surface area contributed by atoms with E-state index < -0.39 is 0 Å². The van der Waals surface area contributed by atoms with Crippen molar-refractivity contribution in [1.82, 2.24) is 10.2 Å². The van der Waals surface area contributed by atoms with Gasteiger partial charge >= 0.3 is 0 Å². The lowest BCUT2D eigenvalue weighted by Crippen LogP contribution is -2.59. The fourth-order valence-corrected chi connectivity index (χ4v) is 3.12. The SMILES string of the molecule is CN(CC1(c2ccccc2)CCC1)C1CNC1. The van der Waals surface area contributed by atoms with E-state index >= 15 is 0 Å². The van der Waals surface area contributed by atoms with Gasteiger partial charge in [-0.1, -0.05) is 36.8 Å². The first-order chi connectivity index (χ1) is 8.30. The van der Waals surface area contributed by atoms with Crippen LogP contribution in [-0.2, 0) is 5.41 Å². The van der Waals surface area contributed by atoms with Gasteiger partial charge in [-0.05, 0) is 25.5 Å². The second-order valence-corrected chi connectivity index (χ2v) is 5.73. The molecular formula is C15H22N2. The molecule has 1 aromatic rings. The van der Waals surface area contributed by atoms with Gasteiger partial charge in [-0.15, -0.1) is 0 Å². The second-order valence-electron chi connectivity index (χ2n) is 5.73. The predicted octanol–water partition coefficient (Wildman–Crippen LogP) is 2.01. The number of hydrogen-bond acceptors (Lipinski definition) is 2. The standard InChI is InChI=1S/C15H22N2/c1-17(14-10-16-11-14)12-15(8-5-9-15)13-6-3-2-4-7-13/h2-4,6-7,14,16H,5,8-12H2,1H3. The predicted molar refractivity (Wildman–Crippen MR) is 71.3 cm³/mol. The van der Waals surface area contributed by atoms with Crippen molar-refractivity contribution < 1.29 is 0 Å². The molecule has 2 aliphatic rings. The van der Waals surface area contributed by atoms with Crippen molar-refractivity contribution >= 4 is 0 Å². The summed E-state index contributed by atoms with van der Waals surface area (Å²) in [5.74, 6) is 0. The maximum absolute atomic E-state index is 3.36. The van der Waals surface area contributed by atoms with Crippen molar-refractivity contribution in [3.8, 4) is 0 Å². The van der Waals surface area contributed by atoms with Crippen LogP contribution in [0.1, 0.15) is 24.8 Å². The Bertz CT molecular complexity index is 366. The van der Waals surface area contributed by atoms with E-state index in [1.165, 1.54) is 38.9 Å². The van der Waals surface area contributed by atoms with Crippen LogP contribution >= 0.6 is 0 Å². The Kier molecular flexibility index (Phi) is 2.93. The zero-order valence-electron chi connectivity index (χ0n) is 10.7. The van der Waals surface area contributed by atoms with Gasteiger partial charge in [-0.25, -0.2) is 0 Å². The molecule has 0 atom stereocenters. The van der Waals surface area contributed by atoms with Crippen LogP contribution in [0.5, 0.6) is 0 Å². The summed E-state index contributed by atoms with van der Waals surface area (Å²) in [7, 11) is 2.29. The van der Waals surface area contributed by atoms with Crippen molar-refractivity contribution in [2.24, 2.45) is 0 Å². The van der Waals surface area contributed by atoms with E-state index in [2.05, 4.69) is 47.6 Å². The molecule has 1 saturated heterocycles. The smallest absolute Gasteiger partial charge is 0.0342 e. The lowest BCUT2D eigenvalue weighted by atomic mass is 9.64. The maximum atomic E-state index is 3.36. The summed E-state index contributed by atoms with van der Waals surface area (Å²) in [6, 6.07) is 11.9. The Labute approximate surface area is 104 Å². The van der Waals surface area contributed by atoms with Gasteiger partial charge in [0.2, 0.25) is 0 Å². The summed E-state index contributed by atoms with van der Waals surface area (Å²) in [6.07, 6.45) is 4.12. The zero-order chi connectivity index (χ0) is 11.7. The Balaban J connectivity index is 1.73. The summed E-state index contributed by atoms with van der Waals surface area (Å²) in [5, 5.41) is 3.36. The molecule has 1 heterocycles. The molecule has 3 rings (SSSR count). The molecule has 1 aromatic carbocycles. The average Bonchev–Trinajstić information content (AvgIpc) is 2.22. The number of hydrogen-bond donors (Lipinski definition) is 1. The third-order valence-electron chi connectivity index (χ3n) is 4.63. The summed E-state index contributed by atoms with van der Waals surface area (Å²) < 4.78 is 0. The summed E-state index contributed by atoms with van der Waals surface area (Å²) in [4.78, 5) is 2.56. The van der Waals surface area contributed by atoms with Crippen LogP contribution < -0.4 is 5.32 Å². The van der Waals surface area contributed by atoms with Crippen molar-refractivity contribution in [2.45, 2.75) is 30.7 Å². The first kappa shape index (κ1) is 11.2. The molecule has 1 aliphatic heterocycles. The van der Waals surface area contributed by atoms with E-state index in [0.717, 1.165) is 6.04 Å². The Morgan fingerprint density at radius 3 is 2.41 bits per heavy atom. The van der Waals surface area contributed by atoms with Crippen LogP contribution in [0, 0.1) is 0 Å². The highest BCUT2D eigenvalue weighted by molar-refractivity contribution is 5.28. The maximum Gasteiger partial charge on any atom is 0.0342 e. The number of benzene rings is 1.